The van der Waals surface area contributed by atoms with Gasteiger partial charge in [0.1, 0.15) is 0 Å². The lowest BCUT2D eigenvalue weighted by Gasteiger charge is -2.34. The summed E-state index contributed by atoms with van der Waals surface area (Å²) in [6.07, 6.45) is 0. The largest absolute Gasteiger partial charge is 0.466 e. The van der Waals surface area contributed by atoms with E-state index >= 15 is 0 Å². The van der Waals surface area contributed by atoms with Gasteiger partial charge in [0.25, 0.3) is 0 Å². The molecule has 1 aliphatic heterocycles. The third-order valence-electron chi connectivity index (χ3n) is 3.40. The van der Waals surface area contributed by atoms with Crippen LogP contribution in [0.5, 0.6) is 0 Å². The number of urea groups is 1. The molecule has 114 valence electrons. The Hall–Kier alpha value is -1.86. The van der Waals surface area contributed by atoms with E-state index in [0.717, 1.165) is 5.56 Å². The van der Waals surface area contributed by atoms with Crippen LogP contribution in [0.2, 0.25) is 0 Å². The van der Waals surface area contributed by atoms with Crippen LogP contribution in [0, 0.1) is 0 Å². The van der Waals surface area contributed by atoms with Gasteiger partial charge in [0.05, 0.1) is 31.9 Å². The second-order valence-corrected chi connectivity index (χ2v) is 5.35. The maximum absolute atomic E-state index is 12.2. The molecule has 1 N–H and O–H groups in total. The number of carbonyl (C=O) groups is 2. The van der Waals surface area contributed by atoms with Gasteiger partial charge in [-0.3, -0.25) is 4.90 Å². The molecule has 2 amide bonds. The predicted octanol–water partition coefficient (Wildman–Crippen LogP) is 1.91. The standard InChI is InChI=1S/C14H18N2O4S/c1-9-11(13(17)20-3)12(10-4-7-21-8-10)15-14(18)16(9)5-6-19-2/h4,7-8,12H,5-6H2,1-3H3,(H,15,18). The summed E-state index contributed by atoms with van der Waals surface area (Å²) in [5, 5.41) is 6.67. The molecule has 0 saturated heterocycles. The molecule has 0 bridgehead atoms. The van der Waals surface area contributed by atoms with Gasteiger partial charge >= 0.3 is 12.0 Å². The lowest BCUT2D eigenvalue weighted by atomic mass is 9.97. The van der Waals surface area contributed by atoms with Gasteiger partial charge in [-0.25, -0.2) is 9.59 Å². The Morgan fingerprint density at radius 3 is 2.81 bits per heavy atom. The summed E-state index contributed by atoms with van der Waals surface area (Å²) in [6.45, 7) is 2.52. The molecular weight excluding hydrogens is 292 g/mol. The van der Waals surface area contributed by atoms with Crippen LogP contribution >= 0.6 is 11.3 Å². The number of nitrogens with one attached hydrogen (secondary N) is 1. The zero-order valence-corrected chi connectivity index (χ0v) is 13.0. The van der Waals surface area contributed by atoms with Crippen molar-refractivity contribution in [3.05, 3.63) is 33.7 Å². The molecule has 2 rings (SSSR count). The first-order chi connectivity index (χ1) is 10.1. The Labute approximate surface area is 127 Å². The number of esters is 1. The van der Waals surface area contributed by atoms with Crippen molar-refractivity contribution in [2.75, 3.05) is 27.4 Å². The van der Waals surface area contributed by atoms with Crippen molar-refractivity contribution in [2.24, 2.45) is 0 Å². The molecule has 0 fully saturated rings. The first kappa shape index (κ1) is 15.5. The Kier molecular flexibility index (Phi) is 4.98. The van der Waals surface area contributed by atoms with Crippen molar-refractivity contribution >= 4 is 23.3 Å². The number of thiophene rings is 1. The van der Waals surface area contributed by atoms with Crippen LogP contribution in [0.1, 0.15) is 18.5 Å². The summed E-state index contributed by atoms with van der Waals surface area (Å²) in [5.41, 5.74) is 1.92. The first-order valence-electron chi connectivity index (χ1n) is 6.48. The zero-order chi connectivity index (χ0) is 15.4. The SMILES string of the molecule is COCCN1C(=O)NC(c2ccsc2)C(C(=O)OC)=C1C. The van der Waals surface area contributed by atoms with Crippen molar-refractivity contribution < 1.29 is 19.1 Å². The number of nitrogens with zero attached hydrogens (tertiary/aromatic N) is 1. The van der Waals surface area contributed by atoms with E-state index < -0.39 is 12.0 Å². The minimum atomic E-state index is -0.477. The highest BCUT2D eigenvalue weighted by Crippen LogP contribution is 2.31. The van der Waals surface area contributed by atoms with Crippen LogP contribution in [-0.2, 0) is 14.3 Å². The van der Waals surface area contributed by atoms with Gasteiger partial charge < -0.3 is 14.8 Å². The number of hydrogen-bond acceptors (Lipinski definition) is 5. The van der Waals surface area contributed by atoms with E-state index in [1.54, 1.807) is 14.0 Å². The Bertz CT molecular complexity index is 553. The van der Waals surface area contributed by atoms with E-state index in [9.17, 15) is 9.59 Å². The molecule has 1 aliphatic rings. The average molecular weight is 310 g/mol. The molecule has 2 heterocycles. The van der Waals surface area contributed by atoms with Crippen LogP contribution in [0.4, 0.5) is 4.79 Å². The number of carbonyl (C=O) groups excluding carboxylic acids is 2. The van der Waals surface area contributed by atoms with Crippen LogP contribution in [0.25, 0.3) is 0 Å². The van der Waals surface area contributed by atoms with Gasteiger partial charge in [-0.15, -0.1) is 0 Å². The molecule has 21 heavy (non-hydrogen) atoms. The smallest absolute Gasteiger partial charge is 0.337 e. The second kappa shape index (κ2) is 6.73. The minimum absolute atomic E-state index is 0.242. The van der Waals surface area contributed by atoms with Crippen molar-refractivity contribution in [3.63, 3.8) is 0 Å². The minimum Gasteiger partial charge on any atom is -0.466 e. The summed E-state index contributed by atoms with van der Waals surface area (Å²) in [4.78, 5) is 25.9. The molecular formula is C14H18N2O4S. The van der Waals surface area contributed by atoms with Crippen LogP contribution in [-0.4, -0.2) is 44.3 Å². The average Bonchev–Trinajstić information content (AvgIpc) is 3.00. The van der Waals surface area contributed by atoms with E-state index in [-0.39, 0.29) is 6.03 Å². The second-order valence-electron chi connectivity index (χ2n) is 4.57. The monoisotopic (exact) mass is 310 g/mol. The quantitative estimate of drug-likeness (QED) is 0.844. The van der Waals surface area contributed by atoms with Gasteiger partial charge in [0.15, 0.2) is 0 Å². The third kappa shape index (κ3) is 3.08. The topological polar surface area (TPSA) is 67.9 Å². The molecule has 7 heteroatoms. The van der Waals surface area contributed by atoms with Crippen molar-refractivity contribution in [1.29, 1.82) is 0 Å². The number of amides is 2. The number of allylic oxidation sites excluding steroid dienone is 1. The highest BCUT2D eigenvalue weighted by Gasteiger charge is 2.36. The molecule has 1 aromatic heterocycles. The van der Waals surface area contributed by atoms with Gasteiger partial charge in [0, 0.05) is 12.8 Å². The maximum Gasteiger partial charge on any atom is 0.337 e. The highest BCUT2D eigenvalue weighted by molar-refractivity contribution is 7.08. The fourth-order valence-corrected chi connectivity index (χ4v) is 2.98. The van der Waals surface area contributed by atoms with E-state index in [0.29, 0.717) is 24.4 Å². The van der Waals surface area contributed by atoms with Gasteiger partial charge in [0.2, 0.25) is 0 Å². The van der Waals surface area contributed by atoms with E-state index in [4.69, 9.17) is 9.47 Å². The van der Waals surface area contributed by atoms with Crippen LogP contribution in [0.3, 0.4) is 0 Å². The molecule has 0 aliphatic carbocycles. The zero-order valence-electron chi connectivity index (χ0n) is 12.2. The Morgan fingerprint density at radius 1 is 1.48 bits per heavy atom. The lowest BCUT2D eigenvalue weighted by molar-refractivity contribution is -0.136. The molecule has 0 aromatic carbocycles. The van der Waals surface area contributed by atoms with Gasteiger partial charge in [-0.2, -0.15) is 11.3 Å². The highest BCUT2D eigenvalue weighted by atomic mass is 32.1. The third-order valence-corrected chi connectivity index (χ3v) is 4.10. The number of ether oxygens (including phenoxy) is 2. The molecule has 6 nitrogen and oxygen atoms in total. The number of methoxy groups -OCH3 is 2. The number of hydrogen-bond donors (Lipinski definition) is 1. The van der Waals surface area contributed by atoms with Crippen LogP contribution < -0.4 is 5.32 Å². The normalized spacial score (nSPS) is 18.7. The van der Waals surface area contributed by atoms with Crippen molar-refractivity contribution in [2.45, 2.75) is 13.0 Å². The van der Waals surface area contributed by atoms with Gasteiger partial charge in [-0.05, 0) is 29.3 Å². The molecule has 0 radical (unpaired) electrons. The van der Waals surface area contributed by atoms with E-state index in [2.05, 4.69) is 5.32 Å². The van der Waals surface area contributed by atoms with Gasteiger partial charge in [-0.1, -0.05) is 0 Å². The number of rotatable bonds is 5. The summed E-state index contributed by atoms with van der Waals surface area (Å²) >= 11 is 1.51. The fourth-order valence-electron chi connectivity index (χ4n) is 2.30. The summed E-state index contributed by atoms with van der Waals surface area (Å²) in [5.74, 6) is -0.439. The predicted molar refractivity (Wildman–Crippen MR) is 78.9 cm³/mol. The lowest BCUT2D eigenvalue weighted by Crippen LogP contribution is -2.48. The summed E-state index contributed by atoms with van der Waals surface area (Å²) in [7, 11) is 2.90. The molecule has 1 unspecified atom stereocenters. The maximum atomic E-state index is 12.2. The molecule has 1 atom stereocenters. The van der Waals surface area contributed by atoms with E-state index in [1.807, 2.05) is 16.8 Å². The Morgan fingerprint density at radius 2 is 2.24 bits per heavy atom. The van der Waals surface area contributed by atoms with Crippen LogP contribution in [0.15, 0.2) is 28.1 Å². The van der Waals surface area contributed by atoms with Crippen molar-refractivity contribution in [1.82, 2.24) is 10.2 Å². The molecule has 0 spiro atoms. The summed E-state index contributed by atoms with van der Waals surface area (Å²) < 4.78 is 9.88. The van der Waals surface area contributed by atoms with E-state index in [1.165, 1.54) is 23.3 Å². The Balaban J connectivity index is 2.42. The first-order valence-corrected chi connectivity index (χ1v) is 7.42. The molecule has 1 aromatic rings. The molecule has 0 saturated carbocycles. The van der Waals surface area contributed by atoms with Crippen molar-refractivity contribution in [3.8, 4) is 0 Å². The fraction of sp³-hybridized carbons (Fsp3) is 0.429. The summed E-state index contributed by atoms with van der Waals surface area (Å²) in [6, 6.07) is 1.17.